The number of aryl methyl sites for hydroxylation is 1. The minimum absolute atomic E-state index is 0.0284. The topological polar surface area (TPSA) is 111 Å². The Morgan fingerprint density at radius 1 is 1.19 bits per heavy atom. The summed E-state index contributed by atoms with van der Waals surface area (Å²) < 4.78 is 36.4. The van der Waals surface area contributed by atoms with E-state index in [0.29, 0.717) is 6.42 Å². The number of sulfonamides is 1. The molecule has 0 heterocycles. The Labute approximate surface area is 154 Å². The number of benzene rings is 1. The lowest BCUT2D eigenvalue weighted by Crippen LogP contribution is -2.44. The number of ether oxygens (including phenoxy) is 2. The standard InChI is InChI=1S/C17H26N2O6S/c1-4-5-12-25-17(21)19-15(16(20)24-3)10-11-18-26(22,23)14-8-6-13(2)7-9-14/h6-9,15,18H,4-5,10-12H2,1-3H3,(H,19,21)/t15-/m1/s1. The van der Waals surface area contributed by atoms with Gasteiger partial charge in [0, 0.05) is 6.54 Å². The molecule has 0 aromatic heterocycles. The number of carbonyl (C=O) groups is 2. The van der Waals surface area contributed by atoms with E-state index in [-0.39, 0.29) is 24.5 Å². The molecular weight excluding hydrogens is 360 g/mol. The van der Waals surface area contributed by atoms with Crippen LogP contribution in [-0.2, 0) is 24.3 Å². The maximum atomic E-state index is 12.2. The third-order valence-corrected chi connectivity index (χ3v) is 5.04. The summed E-state index contributed by atoms with van der Waals surface area (Å²) in [6.07, 6.45) is 0.872. The van der Waals surface area contributed by atoms with Gasteiger partial charge >= 0.3 is 12.1 Å². The molecule has 8 nitrogen and oxygen atoms in total. The van der Waals surface area contributed by atoms with Crippen molar-refractivity contribution in [1.29, 1.82) is 0 Å². The average molecular weight is 386 g/mol. The minimum Gasteiger partial charge on any atom is -0.467 e. The van der Waals surface area contributed by atoms with E-state index >= 15 is 0 Å². The molecule has 146 valence electrons. The van der Waals surface area contributed by atoms with Gasteiger partial charge in [-0.3, -0.25) is 0 Å². The van der Waals surface area contributed by atoms with Crippen LogP contribution in [0.5, 0.6) is 0 Å². The zero-order valence-corrected chi connectivity index (χ0v) is 16.1. The lowest BCUT2D eigenvalue weighted by molar-refractivity contribution is -0.143. The van der Waals surface area contributed by atoms with E-state index in [1.165, 1.54) is 19.2 Å². The van der Waals surface area contributed by atoms with E-state index in [2.05, 4.69) is 14.8 Å². The zero-order chi connectivity index (χ0) is 19.6. The van der Waals surface area contributed by atoms with E-state index < -0.39 is 28.1 Å². The number of methoxy groups -OCH3 is 1. The molecule has 0 fully saturated rings. The van der Waals surface area contributed by atoms with Crippen molar-refractivity contribution in [3.63, 3.8) is 0 Å². The molecule has 2 N–H and O–H groups in total. The Kier molecular flexibility index (Phi) is 9.08. The van der Waals surface area contributed by atoms with Crippen molar-refractivity contribution in [2.45, 2.75) is 44.0 Å². The lowest BCUT2D eigenvalue weighted by atomic mass is 10.2. The fourth-order valence-electron chi connectivity index (χ4n) is 2.02. The van der Waals surface area contributed by atoms with Crippen LogP contribution in [0.15, 0.2) is 29.2 Å². The second-order valence-electron chi connectivity index (χ2n) is 5.71. The Morgan fingerprint density at radius 2 is 1.85 bits per heavy atom. The second-order valence-corrected chi connectivity index (χ2v) is 7.48. The first-order valence-corrected chi connectivity index (χ1v) is 9.86. The molecule has 0 bridgehead atoms. The molecular formula is C17H26N2O6S. The lowest BCUT2D eigenvalue weighted by Gasteiger charge is -2.16. The number of amides is 1. The van der Waals surface area contributed by atoms with Crippen molar-refractivity contribution in [1.82, 2.24) is 10.0 Å². The summed E-state index contributed by atoms with van der Waals surface area (Å²) in [5.41, 5.74) is 0.945. The molecule has 1 aromatic rings. The summed E-state index contributed by atoms with van der Waals surface area (Å²) in [6, 6.07) is 5.38. The van der Waals surface area contributed by atoms with Gasteiger partial charge in [0.1, 0.15) is 6.04 Å². The van der Waals surface area contributed by atoms with Crippen LogP contribution in [0.1, 0.15) is 31.7 Å². The van der Waals surface area contributed by atoms with Crippen LogP contribution in [0.4, 0.5) is 4.79 Å². The number of hydrogen-bond acceptors (Lipinski definition) is 6. The highest BCUT2D eigenvalue weighted by atomic mass is 32.2. The summed E-state index contributed by atoms with van der Waals surface area (Å²) in [6.45, 7) is 4.01. The average Bonchev–Trinajstić information content (AvgIpc) is 2.60. The van der Waals surface area contributed by atoms with E-state index in [4.69, 9.17) is 4.74 Å². The molecule has 1 aromatic carbocycles. The van der Waals surface area contributed by atoms with Crippen LogP contribution >= 0.6 is 0 Å². The maximum Gasteiger partial charge on any atom is 0.407 e. The monoisotopic (exact) mass is 386 g/mol. The quantitative estimate of drug-likeness (QED) is 0.468. The Morgan fingerprint density at radius 3 is 2.42 bits per heavy atom. The van der Waals surface area contributed by atoms with E-state index in [0.717, 1.165) is 12.0 Å². The van der Waals surface area contributed by atoms with Gasteiger partial charge in [0.25, 0.3) is 0 Å². The molecule has 0 radical (unpaired) electrons. The molecule has 26 heavy (non-hydrogen) atoms. The van der Waals surface area contributed by atoms with Gasteiger partial charge in [0.2, 0.25) is 10.0 Å². The van der Waals surface area contributed by atoms with Crippen molar-refractivity contribution in [3.8, 4) is 0 Å². The summed E-state index contributed by atoms with van der Waals surface area (Å²) >= 11 is 0. The molecule has 1 rings (SSSR count). The van der Waals surface area contributed by atoms with Gasteiger partial charge in [-0.2, -0.15) is 0 Å². The van der Waals surface area contributed by atoms with Gasteiger partial charge in [-0.1, -0.05) is 31.0 Å². The van der Waals surface area contributed by atoms with Gasteiger partial charge in [0.05, 0.1) is 18.6 Å². The number of alkyl carbamates (subject to hydrolysis) is 1. The number of nitrogens with one attached hydrogen (secondary N) is 2. The van der Waals surface area contributed by atoms with Crippen molar-refractivity contribution in [2.75, 3.05) is 20.3 Å². The van der Waals surface area contributed by atoms with Crippen LogP contribution in [0.3, 0.4) is 0 Å². The normalized spacial score (nSPS) is 12.3. The smallest absolute Gasteiger partial charge is 0.407 e. The maximum absolute atomic E-state index is 12.2. The van der Waals surface area contributed by atoms with Gasteiger partial charge < -0.3 is 14.8 Å². The number of rotatable bonds is 10. The number of carbonyl (C=O) groups excluding carboxylic acids is 2. The fraction of sp³-hybridized carbons (Fsp3) is 0.529. The number of hydrogen-bond donors (Lipinski definition) is 2. The number of esters is 1. The number of unbranched alkanes of at least 4 members (excludes halogenated alkanes) is 1. The molecule has 1 amide bonds. The molecule has 0 saturated heterocycles. The summed E-state index contributed by atoms with van der Waals surface area (Å²) in [5, 5.41) is 2.39. The molecule has 9 heteroatoms. The molecule has 0 saturated carbocycles. The minimum atomic E-state index is -3.70. The van der Waals surface area contributed by atoms with Crippen molar-refractivity contribution < 1.29 is 27.5 Å². The highest BCUT2D eigenvalue weighted by molar-refractivity contribution is 7.89. The summed E-state index contributed by atoms with van der Waals surface area (Å²) in [5.74, 6) is -0.674. The van der Waals surface area contributed by atoms with Gasteiger partial charge in [0.15, 0.2) is 0 Å². The third-order valence-electron chi connectivity index (χ3n) is 3.57. The first-order valence-electron chi connectivity index (χ1n) is 8.37. The first kappa shape index (κ1) is 21.9. The summed E-state index contributed by atoms with van der Waals surface area (Å²) in [4.78, 5) is 23.6. The highest BCUT2D eigenvalue weighted by Crippen LogP contribution is 2.10. The summed E-state index contributed by atoms with van der Waals surface area (Å²) in [7, 11) is -2.51. The molecule has 0 aliphatic heterocycles. The molecule has 1 atom stereocenters. The third kappa shape index (κ3) is 7.40. The Bertz CT molecular complexity index is 688. The van der Waals surface area contributed by atoms with Gasteiger partial charge in [-0.25, -0.2) is 22.7 Å². The van der Waals surface area contributed by atoms with Crippen LogP contribution < -0.4 is 10.0 Å². The van der Waals surface area contributed by atoms with Crippen molar-refractivity contribution in [3.05, 3.63) is 29.8 Å². The van der Waals surface area contributed by atoms with Crippen molar-refractivity contribution in [2.24, 2.45) is 0 Å². The largest absolute Gasteiger partial charge is 0.467 e. The van der Waals surface area contributed by atoms with Crippen LogP contribution in [0.2, 0.25) is 0 Å². The molecule has 0 aliphatic rings. The fourth-order valence-corrected chi connectivity index (χ4v) is 3.07. The predicted molar refractivity (Wildman–Crippen MR) is 96.2 cm³/mol. The Hall–Kier alpha value is -2.13. The first-order chi connectivity index (χ1) is 12.3. The van der Waals surface area contributed by atoms with E-state index in [1.54, 1.807) is 12.1 Å². The van der Waals surface area contributed by atoms with Crippen LogP contribution in [0.25, 0.3) is 0 Å². The molecule has 0 unspecified atom stereocenters. The van der Waals surface area contributed by atoms with Gasteiger partial charge in [-0.05, 0) is 31.9 Å². The van der Waals surface area contributed by atoms with Crippen molar-refractivity contribution >= 4 is 22.1 Å². The van der Waals surface area contributed by atoms with Crippen LogP contribution in [-0.4, -0.2) is 46.8 Å². The SMILES string of the molecule is CCCCOC(=O)N[C@H](CCNS(=O)(=O)c1ccc(C)cc1)C(=O)OC. The highest BCUT2D eigenvalue weighted by Gasteiger charge is 2.23. The van der Waals surface area contributed by atoms with Gasteiger partial charge in [-0.15, -0.1) is 0 Å². The van der Waals surface area contributed by atoms with Crippen LogP contribution in [0, 0.1) is 6.92 Å². The predicted octanol–water partition coefficient (Wildman–Crippen LogP) is 1.73. The Balaban J connectivity index is 2.59. The second kappa shape index (κ2) is 10.8. The molecule has 0 aliphatic carbocycles. The molecule has 0 spiro atoms. The van der Waals surface area contributed by atoms with E-state index in [1.807, 2.05) is 13.8 Å². The zero-order valence-electron chi connectivity index (χ0n) is 15.3. The van der Waals surface area contributed by atoms with E-state index in [9.17, 15) is 18.0 Å².